The predicted octanol–water partition coefficient (Wildman–Crippen LogP) is 5.69. The quantitative estimate of drug-likeness (QED) is 0.264. The topological polar surface area (TPSA) is 52.3 Å². The molecule has 0 unspecified atom stereocenters. The smallest absolute Gasteiger partial charge is 0.212 e. The van der Waals surface area contributed by atoms with E-state index in [4.69, 9.17) is 16.3 Å². The first kappa shape index (κ1) is 20.2. The fourth-order valence-electron chi connectivity index (χ4n) is 2.64. The maximum absolute atomic E-state index is 5.90. The molecule has 0 spiro atoms. The van der Waals surface area contributed by atoms with E-state index in [9.17, 15) is 0 Å². The Kier molecular flexibility index (Phi) is 6.79. The number of halogens is 1. The van der Waals surface area contributed by atoms with Gasteiger partial charge in [0.15, 0.2) is 0 Å². The highest BCUT2D eigenvalue weighted by atomic mass is 35.5. The standard InChI is InChI=1S/C23H19ClN4OS/c24-21-10-6-19(7-11-21)15-29-22-12-8-18(9-13-22)14-26-28-17-25-27-23(28)30-16-20-4-2-1-3-5-20/h1-14,17H,15-16H2/b26-14+. The molecule has 1 aromatic heterocycles. The van der Waals surface area contributed by atoms with E-state index in [0.717, 1.165) is 32.8 Å². The van der Waals surface area contributed by atoms with Crippen LogP contribution in [0, 0.1) is 0 Å². The molecule has 5 nitrogen and oxygen atoms in total. The third-order valence-corrected chi connectivity index (χ3v) is 5.50. The molecule has 7 heteroatoms. The van der Waals surface area contributed by atoms with Crippen molar-refractivity contribution in [3.8, 4) is 5.75 Å². The number of nitrogens with zero attached hydrogens (tertiary/aromatic N) is 4. The summed E-state index contributed by atoms with van der Waals surface area (Å²) >= 11 is 7.50. The third kappa shape index (κ3) is 5.72. The lowest BCUT2D eigenvalue weighted by Crippen LogP contribution is -1.96. The van der Waals surface area contributed by atoms with Crippen molar-refractivity contribution in [1.82, 2.24) is 14.9 Å². The minimum atomic E-state index is 0.493. The SMILES string of the molecule is Clc1ccc(COc2ccc(/C=N/n3cnnc3SCc3ccccc3)cc2)cc1. The highest BCUT2D eigenvalue weighted by Gasteiger charge is 2.04. The maximum atomic E-state index is 5.90. The average molecular weight is 435 g/mol. The van der Waals surface area contributed by atoms with Crippen LogP contribution in [-0.4, -0.2) is 21.1 Å². The Morgan fingerprint density at radius 1 is 0.933 bits per heavy atom. The summed E-state index contributed by atoms with van der Waals surface area (Å²) in [5, 5.41) is 14.1. The second kappa shape index (κ2) is 10.1. The maximum Gasteiger partial charge on any atom is 0.212 e. The molecule has 30 heavy (non-hydrogen) atoms. The molecule has 150 valence electrons. The number of thioether (sulfide) groups is 1. The van der Waals surface area contributed by atoms with Gasteiger partial charge in [0.2, 0.25) is 5.16 Å². The predicted molar refractivity (Wildman–Crippen MR) is 121 cm³/mol. The lowest BCUT2D eigenvalue weighted by Gasteiger charge is -2.06. The monoisotopic (exact) mass is 434 g/mol. The lowest BCUT2D eigenvalue weighted by atomic mass is 10.2. The highest BCUT2D eigenvalue weighted by molar-refractivity contribution is 7.98. The summed E-state index contributed by atoms with van der Waals surface area (Å²) in [6.45, 7) is 0.493. The Morgan fingerprint density at radius 3 is 2.47 bits per heavy atom. The van der Waals surface area contributed by atoms with Gasteiger partial charge in [-0.25, -0.2) is 0 Å². The van der Waals surface area contributed by atoms with E-state index in [0.29, 0.717) is 6.61 Å². The van der Waals surface area contributed by atoms with Gasteiger partial charge in [-0.15, -0.1) is 10.2 Å². The summed E-state index contributed by atoms with van der Waals surface area (Å²) in [5.74, 6) is 1.61. The van der Waals surface area contributed by atoms with E-state index in [-0.39, 0.29) is 0 Å². The fourth-order valence-corrected chi connectivity index (χ4v) is 3.59. The van der Waals surface area contributed by atoms with Gasteiger partial charge in [0.05, 0.1) is 6.21 Å². The molecule has 0 N–H and O–H groups in total. The molecule has 0 saturated heterocycles. The van der Waals surface area contributed by atoms with Crippen LogP contribution in [0.5, 0.6) is 5.75 Å². The zero-order chi connectivity index (χ0) is 20.6. The summed E-state index contributed by atoms with van der Waals surface area (Å²) in [5.41, 5.74) is 3.26. The van der Waals surface area contributed by atoms with Crippen molar-refractivity contribution in [2.24, 2.45) is 5.10 Å². The van der Waals surface area contributed by atoms with Crippen LogP contribution in [0.2, 0.25) is 5.02 Å². The minimum absolute atomic E-state index is 0.493. The lowest BCUT2D eigenvalue weighted by molar-refractivity contribution is 0.306. The van der Waals surface area contributed by atoms with Crippen LogP contribution in [0.1, 0.15) is 16.7 Å². The molecule has 0 aliphatic rings. The van der Waals surface area contributed by atoms with E-state index >= 15 is 0 Å². The summed E-state index contributed by atoms with van der Waals surface area (Å²) in [6, 6.07) is 25.6. The van der Waals surface area contributed by atoms with Crippen molar-refractivity contribution in [2.45, 2.75) is 17.5 Å². The highest BCUT2D eigenvalue weighted by Crippen LogP contribution is 2.20. The van der Waals surface area contributed by atoms with E-state index < -0.39 is 0 Å². The first-order chi connectivity index (χ1) is 14.8. The molecule has 3 aromatic carbocycles. The Hall–Kier alpha value is -3.09. The molecule has 0 bridgehead atoms. The molecular weight excluding hydrogens is 416 g/mol. The van der Waals surface area contributed by atoms with Gasteiger partial charge in [0, 0.05) is 10.8 Å². The van der Waals surface area contributed by atoms with Gasteiger partial charge >= 0.3 is 0 Å². The van der Waals surface area contributed by atoms with Crippen LogP contribution in [0.4, 0.5) is 0 Å². The van der Waals surface area contributed by atoms with Crippen LogP contribution in [0.15, 0.2) is 95.4 Å². The van der Waals surface area contributed by atoms with Gasteiger partial charge in [-0.2, -0.15) is 9.78 Å². The molecule has 0 aliphatic carbocycles. The van der Waals surface area contributed by atoms with Crippen LogP contribution in [0.3, 0.4) is 0 Å². The number of aromatic nitrogens is 3. The molecular formula is C23H19ClN4OS. The van der Waals surface area contributed by atoms with Crippen LogP contribution in [-0.2, 0) is 12.4 Å². The van der Waals surface area contributed by atoms with Gasteiger partial charge in [0.1, 0.15) is 18.7 Å². The van der Waals surface area contributed by atoms with Crippen molar-refractivity contribution in [3.05, 3.63) is 107 Å². The van der Waals surface area contributed by atoms with E-state index in [1.165, 1.54) is 5.56 Å². The molecule has 0 saturated carbocycles. The van der Waals surface area contributed by atoms with Gasteiger partial charge in [-0.05, 0) is 53.1 Å². The molecule has 1 heterocycles. The number of hydrogen-bond acceptors (Lipinski definition) is 5. The van der Waals surface area contributed by atoms with Crippen molar-refractivity contribution >= 4 is 29.6 Å². The molecule has 0 atom stereocenters. The Bertz CT molecular complexity index is 1100. The zero-order valence-corrected chi connectivity index (χ0v) is 17.6. The van der Waals surface area contributed by atoms with Crippen LogP contribution in [0.25, 0.3) is 0 Å². The average Bonchev–Trinajstić information content (AvgIpc) is 3.25. The summed E-state index contributed by atoms with van der Waals surface area (Å²) in [6.07, 6.45) is 3.38. The van der Waals surface area contributed by atoms with Gasteiger partial charge < -0.3 is 4.74 Å². The van der Waals surface area contributed by atoms with Gasteiger partial charge in [-0.3, -0.25) is 0 Å². The van der Waals surface area contributed by atoms with Gasteiger partial charge in [-0.1, -0.05) is 65.8 Å². The second-order valence-corrected chi connectivity index (χ2v) is 7.84. The Labute approximate surface area is 184 Å². The molecule has 4 rings (SSSR count). The number of ether oxygens (including phenoxy) is 1. The largest absolute Gasteiger partial charge is 0.489 e. The summed E-state index contributed by atoms with van der Waals surface area (Å²) in [4.78, 5) is 0. The van der Waals surface area contributed by atoms with Crippen LogP contribution >= 0.6 is 23.4 Å². The van der Waals surface area contributed by atoms with Crippen LogP contribution < -0.4 is 4.74 Å². The zero-order valence-electron chi connectivity index (χ0n) is 16.1. The molecule has 0 radical (unpaired) electrons. The minimum Gasteiger partial charge on any atom is -0.489 e. The van der Waals surface area contributed by atoms with Crippen molar-refractivity contribution in [2.75, 3.05) is 0 Å². The third-order valence-electron chi connectivity index (χ3n) is 4.24. The first-order valence-corrected chi connectivity index (χ1v) is 10.7. The number of rotatable bonds is 8. The molecule has 0 fully saturated rings. The van der Waals surface area contributed by atoms with E-state index in [2.05, 4.69) is 27.4 Å². The molecule has 0 aliphatic heterocycles. The Balaban J connectivity index is 1.33. The van der Waals surface area contributed by atoms with Gasteiger partial charge in [0.25, 0.3) is 0 Å². The first-order valence-electron chi connectivity index (χ1n) is 9.35. The van der Waals surface area contributed by atoms with Crippen molar-refractivity contribution in [1.29, 1.82) is 0 Å². The summed E-state index contributed by atoms with van der Waals surface area (Å²) < 4.78 is 7.49. The number of benzene rings is 3. The van der Waals surface area contributed by atoms with E-state index in [1.54, 1.807) is 29.0 Å². The Morgan fingerprint density at radius 2 is 1.70 bits per heavy atom. The summed E-state index contributed by atoms with van der Waals surface area (Å²) in [7, 11) is 0. The number of hydrogen-bond donors (Lipinski definition) is 0. The van der Waals surface area contributed by atoms with E-state index in [1.807, 2.05) is 66.7 Å². The van der Waals surface area contributed by atoms with Crippen molar-refractivity contribution in [3.63, 3.8) is 0 Å². The second-order valence-electron chi connectivity index (χ2n) is 6.46. The fraction of sp³-hybridized carbons (Fsp3) is 0.0870. The molecule has 0 amide bonds. The molecule has 4 aromatic rings. The normalized spacial score (nSPS) is 11.1. The van der Waals surface area contributed by atoms with Crippen molar-refractivity contribution < 1.29 is 4.74 Å².